The molecule has 0 amide bonds. The molecule has 0 aliphatic heterocycles. The van der Waals surface area contributed by atoms with Crippen molar-refractivity contribution in [2.75, 3.05) is 20.8 Å². The minimum atomic E-state index is -1.21. The Labute approximate surface area is 128 Å². The fourth-order valence-corrected chi connectivity index (χ4v) is 1.71. The van der Waals surface area contributed by atoms with Crippen molar-refractivity contribution in [3.8, 4) is 17.2 Å². The summed E-state index contributed by atoms with van der Waals surface area (Å²) in [4.78, 5) is 23.0. The number of hydrogen-bond acceptors (Lipinski definition) is 6. The van der Waals surface area contributed by atoms with E-state index in [1.165, 1.54) is 26.4 Å². The summed E-state index contributed by atoms with van der Waals surface area (Å²) < 4.78 is 20.6. The van der Waals surface area contributed by atoms with Crippen molar-refractivity contribution in [1.82, 2.24) is 0 Å². The first-order chi connectivity index (χ1) is 10.2. The molecule has 7 heteroatoms. The molecule has 0 atom stereocenters. The molecule has 0 heterocycles. The molecule has 1 aromatic carbocycles. The second-order valence-electron chi connectivity index (χ2n) is 5.36. The van der Waals surface area contributed by atoms with Crippen LogP contribution in [0.25, 0.3) is 0 Å². The van der Waals surface area contributed by atoms with Crippen molar-refractivity contribution in [3.05, 3.63) is 17.7 Å². The van der Waals surface area contributed by atoms with Crippen LogP contribution in [-0.4, -0.2) is 43.5 Å². The quantitative estimate of drug-likeness (QED) is 0.804. The number of benzene rings is 1. The third-order valence-electron chi connectivity index (χ3n) is 2.48. The van der Waals surface area contributed by atoms with Gasteiger partial charge in [-0.05, 0) is 32.9 Å². The minimum Gasteiger partial charge on any atom is -0.493 e. The number of methoxy groups -OCH3 is 2. The lowest BCUT2D eigenvalue weighted by Gasteiger charge is -2.20. The lowest BCUT2D eigenvalue weighted by Crippen LogP contribution is -2.27. The number of carboxylic acids is 1. The van der Waals surface area contributed by atoms with Crippen molar-refractivity contribution in [2.24, 2.45) is 0 Å². The lowest BCUT2D eigenvalue weighted by molar-refractivity contribution is -0.157. The average molecular weight is 312 g/mol. The fourth-order valence-electron chi connectivity index (χ4n) is 1.71. The molecular weight excluding hydrogens is 292 g/mol. The predicted molar refractivity (Wildman–Crippen MR) is 77.8 cm³/mol. The third-order valence-corrected chi connectivity index (χ3v) is 2.48. The van der Waals surface area contributed by atoms with Crippen LogP contribution in [0.1, 0.15) is 31.1 Å². The zero-order chi connectivity index (χ0) is 16.9. The van der Waals surface area contributed by atoms with Gasteiger partial charge in [0.05, 0.1) is 14.2 Å². The number of carbonyl (C=O) groups is 2. The summed E-state index contributed by atoms with van der Waals surface area (Å²) >= 11 is 0. The van der Waals surface area contributed by atoms with E-state index in [0.717, 1.165) is 0 Å². The molecule has 122 valence electrons. The topological polar surface area (TPSA) is 91.3 Å². The number of carboxylic acid groups (broad SMARTS) is 1. The Bertz CT molecular complexity index is 558. The molecule has 0 saturated carbocycles. The standard InChI is InChI=1S/C15H20O7/c1-15(2,3)22-11(16)8-21-12-9(14(17)18)6-7-10(19-4)13(12)20-5/h6-7H,8H2,1-5H3,(H,17,18). The van der Waals surface area contributed by atoms with Gasteiger partial charge in [-0.3, -0.25) is 0 Å². The normalized spacial score (nSPS) is 10.8. The van der Waals surface area contributed by atoms with E-state index in [0.29, 0.717) is 5.75 Å². The molecule has 0 aromatic heterocycles. The molecule has 0 unspecified atom stereocenters. The predicted octanol–water partition coefficient (Wildman–Crippen LogP) is 2.12. The van der Waals surface area contributed by atoms with Crippen LogP contribution >= 0.6 is 0 Å². The Morgan fingerprint density at radius 2 is 1.73 bits per heavy atom. The van der Waals surface area contributed by atoms with Gasteiger partial charge in [-0.25, -0.2) is 9.59 Å². The second kappa shape index (κ2) is 7.02. The van der Waals surface area contributed by atoms with E-state index in [4.69, 9.17) is 18.9 Å². The van der Waals surface area contributed by atoms with Crippen molar-refractivity contribution in [3.63, 3.8) is 0 Å². The van der Waals surface area contributed by atoms with Crippen molar-refractivity contribution < 1.29 is 33.6 Å². The molecule has 0 spiro atoms. The van der Waals surface area contributed by atoms with Crippen LogP contribution in [0.5, 0.6) is 17.2 Å². The van der Waals surface area contributed by atoms with Crippen LogP contribution in [0.2, 0.25) is 0 Å². The Morgan fingerprint density at radius 1 is 1.09 bits per heavy atom. The summed E-state index contributed by atoms with van der Waals surface area (Å²) in [6, 6.07) is 2.76. The highest BCUT2D eigenvalue weighted by molar-refractivity contribution is 5.93. The summed E-state index contributed by atoms with van der Waals surface area (Å²) in [6.07, 6.45) is 0. The molecular formula is C15H20O7. The molecule has 0 fully saturated rings. The van der Waals surface area contributed by atoms with Gasteiger partial charge >= 0.3 is 11.9 Å². The van der Waals surface area contributed by atoms with Gasteiger partial charge in [-0.1, -0.05) is 0 Å². The SMILES string of the molecule is COc1ccc(C(=O)O)c(OCC(=O)OC(C)(C)C)c1OC. The van der Waals surface area contributed by atoms with Crippen LogP contribution in [0.3, 0.4) is 0 Å². The van der Waals surface area contributed by atoms with Gasteiger partial charge in [0.2, 0.25) is 5.75 Å². The lowest BCUT2D eigenvalue weighted by atomic mass is 10.1. The smallest absolute Gasteiger partial charge is 0.344 e. The molecule has 1 aromatic rings. The number of rotatable bonds is 6. The zero-order valence-electron chi connectivity index (χ0n) is 13.3. The van der Waals surface area contributed by atoms with Crippen molar-refractivity contribution in [1.29, 1.82) is 0 Å². The maximum atomic E-state index is 11.7. The maximum absolute atomic E-state index is 11.7. The number of ether oxygens (including phenoxy) is 4. The van der Waals surface area contributed by atoms with E-state index < -0.39 is 24.1 Å². The number of aromatic carboxylic acids is 1. The summed E-state index contributed by atoms with van der Waals surface area (Å²) in [5.74, 6) is -1.51. The van der Waals surface area contributed by atoms with E-state index in [2.05, 4.69) is 0 Å². The Balaban J connectivity index is 3.05. The molecule has 7 nitrogen and oxygen atoms in total. The van der Waals surface area contributed by atoms with Gasteiger partial charge in [-0.2, -0.15) is 0 Å². The largest absolute Gasteiger partial charge is 0.493 e. The van der Waals surface area contributed by atoms with Gasteiger partial charge in [0.25, 0.3) is 0 Å². The summed E-state index contributed by atoms with van der Waals surface area (Å²) in [5.41, 5.74) is -0.796. The van der Waals surface area contributed by atoms with Gasteiger partial charge in [0.15, 0.2) is 18.1 Å². The van der Waals surface area contributed by atoms with Crippen LogP contribution in [0, 0.1) is 0 Å². The summed E-state index contributed by atoms with van der Waals surface area (Å²) in [7, 11) is 2.76. The Hall–Kier alpha value is -2.44. The van der Waals surface area contributed by atoms with Crippen LogP contribution in [0.15, 0.2) is 12.1 Å². The molecule has 22 heavy (non-hydrogen) atoms. The van der Waals surface area contributed by atoms with Crippen molar-refractivity contribution >= 4 is 11.9 Å². The number of esters is 1. The van der Waals surface area contributed by atoms with Gasteiger partial charge in [0, 0.05) is 0 Å². The van der Waals surface area contributed by atoms with E-state index in [-0.39, 0.29) is 17.1 Å². The maximum Gasteiger partial charge on any atom is 0.344 e. The first kappa shape index (κ1) is 17.6. The summed E-state index contributed by atoms with van der Waals surface area (Å²) in [6.45, 7) is 4.72. The van der Waals surface area contributed by atoms with Crippen LogP contribution in [0.4, 0.5) is 0 Å². The first-order valence-electron chi connectivity index (χ1n) is 6.52. The molecule has 0 radical (unpaired) electrons. The second-order valence-corrected chi connectivity index (χ2v) is 5.36. The van der Waals surface area contributed by atoms with Gasteiger partial charge in [0.1, 0.15) is 11.2 Å². The van der Waals surface area contributed by atoms with E-state index in [9.17, 15) is 14.7 Å². The highest BCUT2D eigenvalue weighted by Gasteiger charge is 2.23. The van der Waals surface area contributed by atoms with Gasteiger partial charge in [-0.15, -0.1) is 0 Å². The minimum absolute atomic E-state index is 0.0831. The Morgan fingerprint density at radius 3 is 2.18 bits per heavy atom. The Kier molecular flexibility index (Phi) is 5.62. The molecule has 0 bridgehead atoms. The molecule has 1 rings (SSSR count). The zero-order valence-corrected chi connectivity index (χ0v) is 13.3. The van der Waals surface area contributed by atoms with Crippen molar-refractivity contribution in [2.45, 2.75) is 26.4 Å². The van der Waals surface area contributed by atoms with E-state index in [1.54, 1.807) is 20.8 Å². The van der Waals surface area contributed by atoms with Crippen LogP contribution < -0.4 is 14.2 Å². The molecule has 0 aliphatic carbocycles. The number of hydrogen-bond donors (Lipinski definition) is 1. The van der Waals surface area contributed by atoms with Gasteiger partial charge < -0.3 is 24.1 Å². The summed E-state index contributed by atoms with van der Waals surface area (Å²) in [5, 5.41) is 9.21. The van der Waals surface area contributed by atoms with Crippen LogP contribution in [-0.2, 0) is 9.53 Å². The van der Waals surface area contributed by atoms with E-state index >= 15 is 0 Å². The highest BCUT2D eigenvalue weighted by Crippen LogP contribution is 2.40. The third kappa shape index (κ3) is 4.54. The molecule has 1 N–H and O–H groups in total. The first-order valence-corrected chi connectivity index (χ1v) is 6.52. The number of carbonyl (C=O) groups excluding carboxylic acids is 1. The van der Waals surface area contributed by atoms with E-state index in [1.807, 2.05) is 0 Å². The highest BCUT2D eigenvalue weighted by atomic mass is 16.6. The fraction of sp³-hybridized carbons (Fsp3) is 0.467. The molecule has 0 saturated heterocycles. The average Bonchev–Trinajstić information content (AvgIpc) is 2.41. The monoisotopic (exact) mass is 312 g/mol. The molecule has 0 aliphatic rings.